The van der Waals surface area contributed by atoms with Crippen LogP contribution >= 0.6 is 0 Å². The maximum absolute atomic E-state index is 6.02. The van der Waals surface area contributed by atoms with Gasteiger partial charge in [-0.3, -0.25) is 4.90 Å². The Morgan fingerprint density at radius 3 is 2.48 bits per heavy atom. The molecule has 1 aromatic carbocycles. The smallest absolute Gasteiger partial charge is 0.0580 e. The number of likely N-dealkylation sites (tertiary alicyclic amines) is 1. The molecule has 0 aliphatic carbocycles. The molecular formula is C18H31N3. The molecule has 3 heteroatoms. The Hall–Kier alpha value is -1.22. The molecule has 1 aliphatic heterocycles. The highest BCUT2D eigenvalue weighted by Crippen LogP contribution is 2.24. The molecule has 4 N–H and O–H groups in total. The van der Waals surface area contributed by atoms with E-state index in [0.717, 1.165) is 24.2 Å². The van der Waals surface area contributed by atoms with Crippen LogP contribution in [0.15, 0.2) is 18.2 Å². The number of hydrogen-bond donors (Lipinski definition) is 2. The summed E-state index contributed by atoms with van der Waals surface area (Å²) >= 11 is 0. The molecule has 3 nitrogen and oxygen atoms in total. The summed E-state index contributed by atoms with van der Waals surface area (Å²) in [6.07, 6.45) is 8.93. The van der Waals surface area contributed by atoms with Gasteiger partial charge in [-0.2, -0.15) is 0 Å². The van der Waals surface area contributed by atoms with Gasteiger partial charge in [-0.15, -0.1) is 0 Å². The van der Waals surface area contributed by atoms with Crippen molar-refractivity contribution in [3.05, 3.63) is 23.8 Å². The monoisotopic (exact) mass is 289 g/mol. The fourth-order valence-electron chi connectivity index (χ4n) is 3.55. The van der Waals surface area contributed by atoms with Crippen LogP contribution < -0.4 is 11.5 Å². The highest BCUT2D eigenvalue weighted by Gasteiger charge is 2.23. The maximum Gasteiger partial charge on any atom is 0.0580 e. The number of hydrogen-bond acceptors (Lipinski definition) is 3. The molecule has 1 fully saturated rings. The lowest BCUT2D eigenvalue weighted by molar-refractivity contribution is 0.101. The molecule has 0 amide bonds. The highest BCUT2D eigenvalue weighted by atomic mass is 15.2. The lowest BCUT2D eigenvalue weighted by Crippen LogP contribution is -2.44. The van der Waals surface area contributed by atoms with E-state index in [0.29, 0.717) is 5.69 Å². The lowest BCUT2D eigenvalue weighted by Gasteiger charge is -2.39. The Morgan fingerprint density at radius 1 is 1.05 bits per heavy atom. The number of nitrogens with two attached hydrogens (primary N) is 2. The van der Waals surface area contributed by atoms with Crippen molar-refractivity contribution in [2.24, 2.45) is 0 Å². The molecule has 2 rings (SSSR count). The Morgan fingerprint density at radius 2 is 1.76 bits per heavy atom. The second kappa shape index (κ2) is 7.69. The van der Waals surface area contributed by atoms with Crippen LogP contribution in [0, 0.1) is 0 Å². The standard InChI is InChI=1S/C18H31N3/c1-14-8-6-9-15(2)21(14)13-5-3-4-10-16-11-7-12-17(19)18(16)20/h7,11-12,14-15H,3-6,8-10,13,19-20H2,1-2H3. The van der Waals surface area contributed by atoms with E-state index >= 15 is 0 Å². The summed E-state index contributed by atoms with van der Waals surface area (Å²) in [7, 11) is 0. The summed E-state index contributed by atoms with van der Waals surface area (Å²) in [5.74, 6) is 0. The Bertz CT molecular complexity index is 434. The SMILES string of the molecule is CC1CCCC(C)N1CCCCCc1cccc(N)c1N. The predicted octanol–water partition coefficient (Wildman–Crippen LogP) is 3.83. The number of anilines is 2. The van der Waals surface area contributed by atoms with Crippen molar-refractivity contribution in [3.63, 3.8) is 0 Å². The zero-order valence-electron chi connectivity index (χ0n) is 13.6. The van der Waals surface area contributed by atoms with E-state index in [-0.39, 0.29) is 0 Å². The Kier molecular flexibility index (Phi) is 5.92. The molecule has 1 saturated heterocycles. The fraction of sp³-hybridized carbons (Fsp3) is 0.667. The van der Waals surface area contributed by atoms with Gasteiger partial charge >= 0.3 is 0 Å². The zero-order valence-corrected chi connectivity index (χ0v) is 13.6. The van der Waals surface area contributed by atoms with E-state index in [2.05, 4.69) is 24.8 Å². The first kappa shape index (κ1) is 16.2. The summed E-state index contributed by atoms with van der Waals surface area (Å²) in [5, 5.41) is 0. The van der Waals surface area contributed by atoms with Crippen LogP contribution in [-0.2, 0) is 6.42 Å². The molecule has 0 radical (unpaired) electrons. The van der Waals surface area contributed by atoms with E-state index in [1.165, 1.54) is 50.6 Å². The topological polar surface area (TPSA) is 55.3 Å². The molecule has 0 spiro atoms. The minimum Gasteiger partial charge on any atom is -0.397 e. The normalized spacial score (nSPS) is 23.3. The van der Waals surface area contributed by atoms with E-state index in [4.69, 9.17) is 11.5 Å². The van der Waals surface area contributed by atoms with Crippen LogP contribution in [0.25, 0.3) is 0 Å². The van der Waals surface area contributed by atoms with Gasteiger partial charge in [0.2, 0.25) is 0 Å². The van der Waals surface area contributed by atoms with E-state index in [9.17, 15) is 0 Å². The van der Waals surface area contributed by atoms with Crippen LogP contribution in [0.5, 0.6) is 0 Å². The third-order valence-electron chi connectivity index (χ3n) is 4.97. The van der Waals surface area contributed by atoms with Crippen molar-refractivity contribution in [2.75, 3.05) is 18.0 Å². The number of aryl methyl sites for hydroxylation is 1. The first-order chi connectivity index (χ1) is 10.1. The lowest BCUT2D eigenvalue weighted by atomic mass is 9.97. The molecule has 1 aliphatic rings. The summed E-state index contributed by atoms with van der Waals surface area (Å²) in [5.41, 5.74) is 14.6. The van der Waals surface area contributed by atoms with Gasteiger partial charge in [-0.25, -0.2) is 0 Å². The van der Waals surface area contributed by atoms with Crippen LogP contribution in [0.4, 0.5) is 11.4 Å². The molecular weight excluding hydrogens is 258 g/mol. The van der Waals surface area contributed by atoms with Crippen LogP contribution in [0.1, 0.15) is 57.9 Å². The third kappa shape index (κ3) is 4.37. The van der Waals surface area contributed by atoms with E-state index in [1.54, 1.807) is 0 Å². The van der Waals surface area contributed by atoms with Crippen molar-refractivity contribution < 1.29 is 0 Å². The summed E-state index contributed by atoms with van der Waals surface area (Å²) in [6.45, 7) is 6.00. The first-order valence-corrected chi connectivity index (χ1v) is 8.48. The number of benzene rings is 1. The van der Waals surface area contributed by atoms with Crippen molar-refractivity contribution in [2.45, 2.75) is 70.9 Å². The van der Waals surface area contributed by atoms with Gasteiger partial charge in [0.25, 0.3) is 0 Å². The predicted molar refractivity (Wildman–Crippen MR) is 92.3 cm³/mol. The number of nitrogen functional groups attached to an aromatic ring is 2. The number of para-hydroxylation sites is 1. The molecule has 1 aromatic rings. The summed E-state index contributed by atoms with van der Waals surface area (Å²) in [6, 6.07) is 7.49. The number of nitrogens with zero attached hydrogens (tertiary/aromatic N) is 1. The summed E-state index contributed by atoms with van der Waals surface area (Å²) < 4.78 is 0. The van der Waals surface area contributed by atoms with E-state index in [1.807, 2.05) is 12.1 Å². The van der Waals surface area contributed by atoms with Gasteiger partial charge in [0, 0.05) is 12.1 Å². The van der Waals surface area contributed by atoms with Gasteiger partial charge in [0.05, 0.1) is 11.4 Å². The fourth-order valence-corrected chi connectivity index (χ4v) is 3.55. The third-order valence-corrected chi connectivity index (χ3v) is 4.97. The van der Waals surface area contributed by atoms with Crippen molar-refractivity contribution >= 4 is 11.4 Å². The largest absolute Gasteiger partial charge is 0.397 e. The maximum atomic E-state index is 6.02. The number of piperidine rings is 1. The molecule has 0 bridgehead atoms. The van der Waals surface area contributed by atoms with Crippen molar-refractivity contribution in [1.29, 1.82) is 0 Å². The van der Waals surface area contributed by atoms with Gasteiger partial charge in [-0.1, -0.05) is 25.0 Å². The average molecular weight is 289 g/mol. The second-order valence-electron chi connectivity index (χ2n) is 6.60. The molecule has 21 heavy (non-hydrogen) atoms. The Balaban J connectivity index is 1.69. The molecule has 1 heterocycles. The van der Waals surface area contributed by atoms with Gasteiger partial charge in [0.1, 0.15) is 0 Å². The molecule has 0 saturated carbocycles. The average Bonchev–Trinajstić information content (AvgIpc) is 2.45. The Labute approximate surface area is 129 Å². The minimum atomic E-state index is 0.712. The van der Waals surface area contributed by atoms with Crippen molar-refractivity contribution in [3.8, 4) is 0 Å². The van der Waals surface area contributed by atoms with E-state index < -0.39 is 0 Å². The molecule has 2 atom stereocenters. The van der Waals surface area contributed by atoms with Crippen LogP contribution in [-0.4, -0.2) is 23.5 Å². The second-order valence-corrected chi connectivity index (χ2v) is 6.60. The first-order valence-electron chi connectivity index (χ1n) is 8.48. The van der Waals surface area contributed by atoms with Gasteiger partial charge in [0.15, 0.2) is 0 Å². The summed E-state index contributed by atoms with van der Waals surface area (Å²) in [4.78, 5) is 2.69. The quantitative estimate of drug-likeness (QED) is 0.618. The van der Waals surface area contributed by atoms with Crippen molar-refractivity contribution in [1.82, 2.24) is 4.90 Å². The highest BCUT2D eigenvalue weighted by molar-refractivity contribution is 5.67. The number of unbranched alkanes of at least 4 members (excludes halogenated alkanes) is 2. The van der Waals surface area contributed by atoms with Gasteiger partial charge in [-0.05, 0) is 64.1 Å². The van der Waals surface area contributed by atoms with Crippen LogP contribution in [0.3, 0.4) is 0 Å². The molecule has 118 valence electrons. The minimum absolute atomic E-state index is 0.712. The molecule has 0 aromatic heterocycles. The van der Waals surface area contributed by atoms with Crippen LogP contribution in [0.2, 0.25) is 0 Å². The van der Waals surface area contributed by atoms with Gasteiger partial charge < -0.3 is 11.5 Å². The zero-order chi connectivity index (χ0) is 15.2. The number of rotatable bonds is 6. The molecule has 2 unspecified atom stereocenters.